The number of hydrogen-bond acceptors (Lipinski definition) is 3. The molecule has 1 aromatic heterocycles. The van der Waals surface area contributed by atoms with Gasteiger partial charge < -0.3 is 10.0 Å². The van der Waals surface area contributed by atoms with Crippen LogP contribution in [0.4, 0.5) is 5.82 Å². The number of rotatable bonds is 7. The van der Waals surface area contributed by atoms with E-state index >= 15 is 0 Å². The van der Waals surface area contributed by atoms with Crippen molar-refractivity contribution in [3.8, 4) is 11.3 Å². The summed E-state index contributed by atoms with van der Waals surface area (Å²) >= 11 is 0. The largest absolute Gasteiger partial charge is 0.396 e. The van der Waals surface area contributed by atoms with Crippen LogP contribution in [0.2, 0.25) is 0 Å². The van der Waals surface area contributed by atoms with Gasteiger partial charge >= 0.3 is 0 Å². The van der Waals surface area contributed by atoms with Gasteiger partial charge in [0.15, 0.2) is 0 Å². The molecule has 168 valence electrons. The summed E-state index contributed by atoms with van der Waals surface area (Å²) in [5, 5.41) is 8.97. The SMILES string of the molecule is CC1(C)CCC(C)(C)c2cc(-c3cccc(N4CCC(CCCCCO)C4)n3)ccc21. The minimum atomic E-state index is 0.219. The summed E-state index contributed by atoms with van der Waals surface area (Å²) in [5.74, 6) is 1.88. The lowest BCUT2D eigenvalue weighted by atomic mass is 9.63. The Morgan fingerprint density at radius 3 is 2.52 bits per heavy atom. The Morgan fingerprint density at radius 2 is 1.74 bits per heavy atom. The lowest BCUT2D eigenvalue weighted by Gasteiger charge is -2.42. The fourth-order valence-corrected chi connectivity index (χ4v) is 5.51. The number of benzene rings is 1. The zero-order valence-electron chi connectivity index (χ0n) is 20.0. The van der Waals surface area contributed by atoms with Gasteiger partial charge in [0.05, 0.1) is 5.69 Å². The summed E-state index contributed by atoms with van der Waals surface area (Å²) in [7, 11) is 0. The fourth-order valence-electron chi connectivity index (χ4n) is 5.51. The Morgan fingerprint density at radius 1 is 0.968 bits per heavy atom. The topological polar surface area (TPSA) is 36.4 Å². The highest BCUT2D eigenvalue weighted by Crippen LogP contribution is 2.46. The number of nitrogens with zero attached hydrogens (tertiary/aromatic N) is 2. The van der Waals surface area contributed by atoms with Crippen molar-refractivity contribution < 1.29 is 5.11 Å². The van der Waals surface area contributed by atoms with Crippen molar-refractivity contribution >= 4 is 5.82 Å². The quantitative estimate of drug-likeness (QED) is 0.521. The maximum absolute atomic E-state index is 8.97. The third kappa shape index (κ3) is 4.82. The average Bonchev–Trinajstić information content (AvgIpc) is 3.24. The molecule has 4 rings (SSSR count). The van der Waals surface area contributed by atoms with E-state index in [4.69, 9.17) is 10.1 Å². The van der Waals surface area contributed by atoms with E-state index in [0.717, 1.165) is 43.4 Å². The van der Waals surface area contributed by atoms with Crippen molar-refractivity contribution in [2.75, 3.05) is 24.6 Å². The first-order chi connectivity index (χ1) is 14.8. The van der Waals surface area contributed by atoms with Crippen LogP contribution in [-0.4, -0.2) is 29.8 Å². The monoisotopic (exact) mass is 420 g/mol. The zero-order chi connectivity index (χ0) is 22.1. The third-order valence-electron chi connectivity index (χ3n) is 7.76. The molecular formula is C28H40N2O. The van der Waals surface area contributed by atoms with Gasteiger partial charge in [0.25, 0.3) is 0 Å². The normalized spacial score (nSPS) is 21.8. The number of pyridine rings is 1. The first-order valence-corrected chi connectivity index (χ1v) is 12.3. The predicted molar refractivity (Wildman–Crippen MR) is 131 cm³/mol. The summed E-state index contributed by atoms with van der Waals surface area (Å²) < 4.78 is 0. The van der Waals surface area contributed by atoms with Crippen LogP contribution in [0.3, 0.4) is 0 Å². The van der Waals surface area contributed by atoms with Gasteiger partial charge in [0, 0.05) is 25.3 Å². The molecule has 0 amide bonds. The molecule has 0 radical (unpaired) electrons. The number of aromatic nitrogens is 1. The van der Waals surface area contributed by atoms with Gasteiger partial charge in [-0.2, -0.15) is 0 Å². The highest BCUT2D eigenvalue weighted by molar-refractivity contribution is 5.65. The molecule has 31 heavy (non-hydrogen) atoms. The molecule has 0 spiro atoms. The Kier molecular flexibility index (Phi) is 6.44. The molecule has 2 aliphatic rings. The summed E-state index contributed by atoms with van der Waals surface area (Å²) in [6.45, 7) is 12.1. The third-order valence-corrected chi connectivity index (χ3v) is 7.76. The van der Waals surface area contributed by atoms with Gasteiger partial charge in [-0.25, -0.2) is 4.98 Å². The summed E-state index contributed by atoms with van der Waals surface area (Å²) in [6, 6.07) is 13.6. The number of aliphatic hydroxyl groups is 1. The van der Waals surface area contributed by atoms with Gasteiger partial charge in [-0.15, -0.1) is 0 Å². The molecule has 3 heteroatoms. The second-order valence-electron chi connectivity index (χ2n) is 11.1. The lowest BCUT2D eigenvalue weighted by Crippen LogP contribution is -2.33. The molecule has 1 unspecified atom stereocenters. The maximum Gasteiger partial charge on any atom is 0.129 e. The van der Waals surface area contributed by atoms with Crippen LogP contribution in [0.25, 0.3) is 11.3 Å². The molecule has 1 atom stereocenters. The molecule has 0 bridgehead atoms. The number of hydrogen-bond donors (Lipinski definition) is 1. The van der Waals surface area contributed by atoms with E-state index < -0.39 is 0 Å². The van der Waals surface area contributed by atoms with Crippen LogP contribution in [0.5, 0.6) is 0 Å². The van der Waals surface area contributed by atoms with E-state index in [1.165, 1.54) is 48.8 Å². The second-order valence-corrected chi connectivity index (χ2v) is 11.1. The van der Waals surface area contributed by atoms with E-state index in [-0.39, 0.29) is 10.8 Å². The molecule has 1 aliphatic heterocycles. The van der Waals surface area contributed by atoms with Gasteiger partial charge in [0.2, 0.25) is 0 Å². The summed E-state index contributed by atoms with van der Waals surface area (Å²) in [4.78, 5) is 7.56. The number of unbranched alkanes of at least 4 members (excludes halogenated alkanes) is 2. The van der Waals surface area contributed by atoms with Crippen LogP contribution in [0.1, 0.15) is 83.8 Å². The predicted octanol–water partition coefficient (Wildman–Crippen LogP) is 6.48. The molecule has 3 nitrogen and oxygen atoms in total. The van der Waals surface area contributed by atoms with Crippen molar-refractivity contribution in [3.63, 3.8) is 0 Å². The Labute approximate surface area is 188 Å². The van der Waals surface area contributed by atoms with Crippen molar-refractivity contribution in [3.05, 3.63) is 47.5 Å². The van der Waals surface area contributed by atoms with Crippen LogP contribution in [0, 0.1) is 5.92 Å². The van der Waals surface area contributed by atoms with Crippen molar-refractivity contribution in [1.82, 2.24) is 4.98 Å². The summed E-state index contributed by atoms with van der Waals surface area (Å²) in [5.41, 5.74) is 5.80. The highest BCUT2D eigenvalue weighted by atomic mass is 16.2. The van der Waals surface area contributed by atoms with Crippen LogP contribution >= 0.6 is 0 Å². The molecule has 0 saturated carbocycles. The molecular weight excluding hydrogens is 380 g/mol. The smallest absolute Gasteiger partial charge is 0.129 e. The Bertz CT molecular complexity index is 902. The fraction of sp³-hybridized carbons (Fsp3) is 0.607. The molecule has 1 N–H and O–H groups in total. The summed E-state index contributed by atoms with van der Waals surface area (Å²) in [6.07, 6.45) is 8.32. The van der Waals surface area contributed by atoms with Gasteiger partial charge in [-0.3, -0.25) is 0 Å². The number of aliphatic hydroxyl groups excluding tert-OH is 1. The van der Waals surface area contributed by atoms with E-state index in [1.54, 1.807) is 0 Å². The van der Waals surface area contributed by atoms with E-state index in [0.29, 0.717) is 6.61 Å². The first-order valence-electron chi connectivity index (χ1n) is 12.3. The molecule has 1 saturated heterocycles. The zero-order valence-corrected chi connectivity index (χ0v) is 20.0. The van der Waals surface area contributed by atoms with E-state index in [1.807, 2.05) is 0 Å². The molecule has 2 aromatic rings. The second kappa shape index (κ2) is 8.94. The maximum atomic E-state index is 8.97. The average molecular weight is 421 g/mol. The standard InChI is InChI=1S/C28H40N2O/c1-27(2)15-16-28(3,4)24-19-22(12-13-23(24)27)25-10-8-11-26(29-25)30-17-14-21(20-30)9-6-5-7-18-31/h8,10-13,19,21,31H,5-7,9,14-18,20H2,1-4H3. The Hall–Kier alpha value is -1.87. The van der Waals surface area contributed by atoms with Crippen molar-refractivity contribution in [2.45, 2.75) is 83.5 Å². The van der Waals surface area contributed by atoms with Crippen molar-refractivity contribution in [2.24, 2.45) is 5.92 Å². The van der Waals surface area contributed by atoms with Gasteiger partial charge in [0.1, 0.15) is 5.82 Å². The van der Waals surface area contributed by atoms with Gasteiger partial charge in [-0.05, 0) is 78.2 Å². The molecule has 1 aromatic carbocycles. The minimum Gasteiger partial charge on any atom is -0.396 e. The van der Waals surface area contributed by atoms with Gasteiger partial charge in [-0.1, -0.05) is 58.7 Å². The van der Waals surface area contributed by atoms with E-state index in [9.17, 15) is 0 Å². The lowest BCUT2D eigenvalue weighted by molar-refractivity contribution is 0.281. The molecule has 1 fully saturated rings. The van der Waals surface area contributed by atoms with Crippen LogP contribution in [-0.2, 0) is 10.8 Å². The number of anilines is 1. The van der Waals surface area contributed by atoms with E-state index in [2.05, 4.69) is 69.0 Å². The molecule has 2 heterocycles. The Balaban J connectivity index is 1.52. The molecule has 1 aliphatic carbocycles. The van der Waals surface area contributed by atoms with Crippen molar-refractivity contribution in [1.29, 1.82) is 0 Å². The van der Waals surface area contributed by atoms with Crippen LogP contribution < -0.4 is 4.90 Å². The minimum absolute atomic E-state index is 0.219. The highest BCUT2D eigenvalue weighted by Gasteiger charge is 2.37. The number of fused-ring (bicyclic) bond motifs is 1. The first kappa shape index (κ1) is 22.3. The van der Waals surface area contributed by atoms with Crippen LogP contribution in [0.15, 0.2) is 36.4 Å².